The number of nitrogens with zero attached hydrogens (tertiary/aromatic N) is 12. The molecular weight excluding hydrogens is 1870 g/mol. The lowest BCUT2D eigenvalue weighted by Crippen LogP contribution is -2.48. The van der Waals surface area contributed by atoms with Crippen molar-refractivity contribution < 1.29 is 81.1 Å². The molecular formula is C117H272N14O17. The number of rotatable bonds is 22. The number of nitrogens with one attached hydrogen (secondary N) is 2. The Morgan fingerprint density at radius 2 is 0.507 bits per heavy atom. The molecule has 0 aromatic rings. The van der Waals surface area contributed by atoms with E-state index in [-0.39, 0.29) is 205 Å². The van der Waals surface area contributed by atoms with E-state index in [9.17, 15) is 47.9 Å². The third-order valence-corrected chi connectivity index (χ3v) is 23.4. The van der Waals surface area contributed by atoms with Crippen LogP contribution in [0.3, 0.4) is 0 Å². The van der Waals surface area contributed by atoms with E-state index in [0.29, 0.717) is 39.0 Å². The van der Waals surface area contributed by atoms with Crippen LogP contribution in [0.2, 0.25) is 0 Å². The average molecular weight is 2150 g/mol. The second kappa shape index (κ2) is 137. The zero-order valence-electron chi connectivity index (χ0n) is 87.7. The van der Waals surface area contributed by atoms with Crippen molar-refractivity contribution in [3.05, 3.63) is 0 Å². The molecule has 0 aliphatic carbocycles. The van der Waals surface area contributed by atoms with Crippen molar-refractivity contribution in [1.29, 1.82) is 0 Å². The first-order valence-corrected chi connectivity index (χ1v) is 50.4. The molecule has 10 rings (SSSR count). The lowest BCUT2D eigenvalue weighted by atomic mass is 9.92. The maximum absolute atomic E-state index is 11.1. The topological polar surface area (TPSA) is 298 Å². The minimum atomic E-state index is 0. The highest BCUT2D eigenvalue weighted by Crippen LogP contribution is 2.22. The molecule has 0 saturated carbocycles. The van der Waals surface area contributed by atoms with E-state index in [2.05, 4.69) is 82.7 Å². The summed E-state index contributed by atoms with van der Waals surface area (Å²) in [5.41, 5.74) is 0. The number of ether oxygens (including phenoxy) is 7. The lowest BCUT2D eigenvalue weighted by molar-refractivity contribution is -0.137. The van der Waals surface area contributed by atoms with Gasteiger partial charge in [0, 0.05) is 314 Å². The molecule has 10 fully saturated rings. The fraction of sp³-hybridized carbons (Fsp3) is 0.915. The van der Waals surface area contributed by atoms with E-state index >= 15 is 0 Å². The molecule has 0 bridgehead atoms. The molecule has 31 heteroatoms. The van der Waals surface area contributed by atoms with E-state index in [1.54, 1.807) is 105 Å². The number of methoxy groups -OCH3 is 5. The first-order chi connectivity index (χ1) is 62.3. The van der Waals surface area contributed by atoms with Gasteiger partial charge in [0.1, 0.15) is 0 Å². The Hall–Kier alpha value is -5.74. The van der Waals surface area contributed by atoms with Crippen molar-refractivity contribution in [2.45, 2.75) is 438 Å². The SMILES string of the molecule is C.C.C.C.C.C.C.C.C.C.C.C.C.C.C.C.C.C.CC(=O)N1CCCCC1.CC(=O)N1CCCCC1.CC(=O)N1CCNCC1.CC(=O)N1CCNCC1.CCCC1CCN(C(C)=O)CC1.CCCCC.CCCCC.CCCCC1CN(C(C)=O)CCO1.CCCN1CCN(C(C)=O)CC1.CCCOC.CCCOC.COCC1CCN(C(C)=O)CC1.COCCC1CN(C(C)=O)CCO1.COCN1CCN(C(C)=O)CC1. The first kappa shape index (κ1) is 196. The van der Waals surface area contributed by atoms with Crippen LogP contribution in [0.1, 0.15) is 426 Å². The Bertz CT molecular complexity index is 2380. The summed E-state index contributed by atoms with van der Waals surface area (Å²) in [5.74, 6) is 3.51. The molecule has 148 heavy (non-hydrogen) atoms. The molecule has 0 radical (unpaired) electrons. The number of hydrogen-bond donors (Lipinski definition) is 2. The van der Waals surface area contributed by atoms with Gasteiger partial charge in [0.2, 0.25) is 59.1 Å². The molecule has 2 N–H and O–H groups in total. The quantitative estimate of drug-likeness (QED) is 0.102. The molecule has 0 spiro atoms. The van der Waals surface area contributed by atoms with Gasteiger partial charge < -0.3 is 92.8 Å². The molecule has 10 heterocycles. The van der Waals surface area contributed by atoms with Gasteiger partial charge in [-0.25, -0.2) is 0 Å². The minimum Gasteiger partial charge on any atom is -0.385 e. The van der Waals surface area contributed by atoms with Crippen molar-refractivity contribution in [3.8, 4) is 0 Å². The molecule has 10 aliphatic rings. The maximum atomic E-state index is 11.1. The summed E-state index contributed by atoms with van der Waals surface area (Å²) in [7, 11) is 8.52. The summed E-state index contributed by atoms with van der Waals surface area (Å²) in [6.07, 6.45) is 31.0. The molecule has 10 aliphatic heterocycles. The van der Waals surface area contributed by atoms with E-state index < -0.39 is 0 Å². The second-order valence-electron chi connectivity index (χ2n) is 34.7. The van der Waals surface area contributed by atoms with Crippen LogP contribution in [-0.4, -0.2) is 402 Å². The van der Waals surface area contributed by atoms with Crippen molar-refractivity contribution >= 4 is 59.1 Å². The molecule has 0 aromatic heterocycles. The summed E-state index contributed by atoms with van der Waals surface area (Å²) < 4.78 is 35.5. The molecule has 912 valence electrons. The summed E-state index contributed by atoms with van der Waals surface area (Å²) in [6, 6.07) is 0. The predicted octanol–water partition coefficient (Wildman–Crippen LogP) is 23.8. The number of piperidine rings is 4. The van der Waals surface area contributed by atoms with Gasteiger partial charge >= 0.3 is 0 Å². The summed E-state index contributed by atoms with van der Waals surface area (Å²) in [4.78, 5) is 132. The highest BCUT2D eigenvalue weighted by Gasteiger charge is 2.26. The Morgan fingerprint density at radius 1 is 0.243 bits per heavy atom. The number of carbonyl (C=O) groups excluding carboxylic acids is 10. The summed E-state index contributed by atoms with van der Waals surface area (Å²) in [6.45, 7) is 67.8. The predicted molar refractivity (Wildman–Crippen MR) is 650 cm³/mol. The van der Waals surface area contributed by atoms with Crippen LogP contribution in [0, 0.1) is 11.8 Å². The van der Waals surface area contributed by atoms with Crippen LogP contribution in [0.5, 0.6) is 0 Å². The van der Waals surface area contributed by atoms with E-state index in [0.717, 1.165) is 241 Å². The van der Waals surface area contributed by atoms with Crippen LogP contribution in [0.25, 0.3) is 0 Å². The van der Waals surface area contributed by atoms with E-state index in [1.165, 1.54) is 129 Å². The van der Waals surface area contributed by atoms with Crippen LogP contribution in [0.15, 0.2) is 0 Å². The number of amides is 10. The Kier molecular flexibility index (Phi) is 182. The molecule has 2 atom stereocenters. The second-order valence-corrected chi connectivity index (χ2v) is 34.7. The van der Waals surface area contributed by atoms with Crippen LogP contribution in [-0.2, 0) is 81.1 Å². The van der Waals surface area contributed by atoms with Crippen LogP contribution >= 0.6 is 0 Å². The van der Waals surface area contributed by atoms with Gasteiger partial charge in [-0.3, -0.25) is 57.7 Å². The van der Waals surface area contributed by atoms with Crippen LogP contribution < -0.4 is 10.6 Å². The minimum absolute atomic E-state index is 0. The summed E-state index contributed by atoms with van der Waals surface area (Å²) >= 11 is 0. The van der Waals surface area contributed by atoms with Gasteiger partial charge in [-0.15, -0.1) is 0 Å². The Morgan fingerprint density at radius 3 is 0.730 bits per heavy atom. The van der Waals surface area contributed by atoms with Gasteiger partial charge in [0.25, 0.3) is 0 Å². The monoisotopic (exact) mass is 2150 g/mol. The van der Waals surface area contributed by atoms with Gasteiger partial charge in [-0.05, 0) is 115 Å². The van der Waals surface area contributed by atoms with Crippen LogP contribution in [0.4, 0.5) is 0 Å². The zero-order valence-corrected chi connectivity index (χ0v) is 87.7. The van der Waals surface area contributed by atoms with Crippen molar-refractivity contribution in [2.75, 3.05) is 272 Å². The number of hydrogen-bond acceptors (Lipinski definition) is 21. The van der Waals surface area contributed by atoms with Gasteiger partial charge in [0.15, 0.2) is 0 Å². The normalized spacial score (nSPS) is 16.4. The molecule has 10 saturated heterocycles. The highest BCUT2D eigenvalue weighted by molar-refractivity contribution is 5.76. The number of unbranched alkanes of at least 4 members (excludes halogenated alkanes) is 5. The largest absolute Gasteiger partial charge is 0.385 e. The smallest absolute Gasteiger partial charge is 0.219 e. The lowest BCUT2D eigenvalue weighted by Gasteiger charge is -2.33. The molecule has 10 amide bonds. The molecule has 2 unspecified atom stereocenters. The number of likely N-dealkylation sites (tertiary alicyclic amines) is 4. The van der Waals surface area contributed by atoms with Crippen molar-refractivity contribution in [1.82, 2.24) is 69.4 Å². The van der Waals surface area contributed by atoms with Gasteiger partial charge in [-0.1, -0.05) is 260 Å². The van der Waals surface area contributed by atoms with E-state index in [4.69, 9.17) is 33.2 Å². The standard InChI is InChI=1S/C10H19NO2.C10H19NO.C9H18N2O.C9H17NO3.C9H17NO2.C8H16N2O2.2C7H13NO.2C6H12N2O.2C5H12.2C4H10O.18CH4/c1-3-4-5-10-8-11(9(2)12)6-7-13-10;2*1-3-4-10-5-7-11(8-6-10)9(2)12;1-8(11)10-4-6-13-9(7-10)3-5-12-2;2*1-8(11)10-5-3-9(4-6-10)7-12-2;2*1-7(9)8-5-3-2-4-6-8;2*1-6(9)8-4-2-7-3-5-8;2*1-3-5-4-2;2*1-3-4-5-2;;;;;;;;;;;;;;;;;;/h10H,3-8H2,1-2H3;10H,3-8H2,1-2H3;3-8H2,1-2H3;9H,3-7H2,1-2H3;9H,3-7H2,1-2H3;3-7H2,1-2H3;2*2-6H2,1H3;2*7H,2-5H2,1H3;2*3-5H2,1-2H3;2*3-4H2,1-2H3;18*1H4. The third-order valence-electron chi connectivity index (χ3n) is 23.4. The number of piperazine rings is 4. The fourth-order valence-electron chi connectivity index (χ4n) is 15.1. The highest BCUT2D eigenvalue weighted by atomic mass is 16.5. The first-order valence-electron chi connectivity index (χ1n) is 50.4. The van der Waals surface area contributed by atoms with Gasteiger partial charge in [0.05, 0.1) is 32.2 Å². The third kappa shape index (κ3) is 114. The van der Waals surface area contributed by atoms with Crippen molar-refractivity contribution in [2.24, 2.45) is 11.8 Å². The van der Waals surface area contributed by atoms with Crippen molar-refractivity contribution in [3.63, 3.8) is 0 Å². The fourth-order valence-corrected chi connectivity index (χ4v) is 15.1. The number of carbonyl (C=O) groups is 10. The van der Waals surface area contributed by atoms with Gasteiger partial charge in [-0.2, -0.15) is 0 Å². The molecule has 0 aromatic carbocycles. The molecule has 31 nitrogen and oxygen atoms in total. The zero-order chi connectivity index (χ0) is 98.5. The number of morpholine rings is 2. The maximum Gasteiger partial charge on any atom is 0.219 e. The average Bonchev–Trinajstić information content (AvgIpc) is 0.895. The summed E-state index contributed by atoms with van der Waals surface area (Å²) in [5, 5.41) is 6.35. The Labute approximate surface area is 926 Å². The van der Waals surface area contributed by atoms with E-state index in [1.807, 2.05) is 49.0 Å². The Balaban J connectivity index is -0.0000000577.